The van der Waals surface area contributed by atoms with Gasteiger partial charge in [-0.1, -0.05) is 44.6 Å². The van der Waals surface area contributed by atoms with Gasteiger partial charge in [0.15, 0.2) is 0 Å². The standard InChI is InChI=1S/C17H26O/c1-7-18-15-10-8-14(9-11-15)16(12-13(2)3)17(4,5)6/h8-12,16H,7H2,1-6H3. The zero-order valence-corrected chi connectivity index (χ0v) is 12.6. The third-order valence-electron chi connectivity index (χ3n) is 2.98. The summed E-state index contributed by atoms with van der Waals surface area (Å²) in [6.45, 7) is 13.9. The molecule has 0 bridgehead atoms. The summed E-state index contributed by atoms with van der Waals surface area (Å²) in [5.74, 6) is 1.39. The van der Waals surface area contributed by atoms with E-state index in [0.717, 1.165) is 12.4 Å². The SMILES string of the molecule is CCOc1ccc(C(C=C(C)C)C(C)(C)C)cc1. The van der Waals surface area contributed by atoms with Gasteiger partial charge in [-0.3, -0.25) is 0 Å². The van der Waals surface area contributed by atoms with E-state index in [1.54, 1.807) is 0 Å². The molecule has 0 saturated carbocycles. The van der Waals surface area contributed by atoms with E-state index in [1.165, 1.54) is 11.1 Å². The lowest BCUT2D eigenvalue weighted by atomic mass is 9.76. The molecule has 1 atom stereocenters. The van der Waals surface area contributed by atoms with Gasteiger partial charge in [0.2, 0.25) is 0 Å². The van der Waals surface area contributed by atoms with Crippen molar-refractivity contribution in [3.63, 3.8) is 0 Å². The first-order valence-corrected chi connectivity index (χ1v) is 6.72. The van der Waals surface area contributed by atoms with Gasteiger partial charge in [-0.05, 0) is 43.9 Å². The normalized spacial score (nSPS) is 13.0. The molecule has 0 heterocycles. The highest BCUT2D eigenvalue weighted by Crippen LogP contribution is 2.37. The number of rotatable bonds is 4. The summed E-state index contributed by atoms with van der Waals surface area (Å²) >= 11 is 0. The number of hydrogen-bond donors (Lipinski definition) is 0. The molecule has 0 radical (unpaired) electrons. The predicted molar refractivity (Wildman–Crippen MR) is 79.2 cm³/mol. The molecular formula is C17H26O. The second-order valence-corrected chi connectivity index (χ2v) is 6.09. The highest BCUT2D eigenvalue weighted by Gasteiger charge is 2.24. The lowest BCUT2D eigenvalue weighted by Crippen LogP contribution is -2.16. The van der Waals surface area contributed by atoms with Crippen molar-refractivity contribution in [2.75, 3.05) is 6.61 Å². The quantitative estimate of drug-likeness (QED) is 0.665. The molecule has 1 heteroatoms. The van der Waals surface area contributed by atoms with Gasteiger partial charge in [-0.2, -0.15) is 0 Å². The zero-order chi connectivity index (χ0) is 13.8. The van der Waals surface area contributed by atoms with E-state index >= 15 is 0 Å². The molecule has 1 rings (SSSR count). The Kier molecular flexibility index (Phi) is 5.01. The number of ether oxygens (including phenoxy) is 1. The van der Waals surface area contributed by atoms with Crippen LogP contribution in [0.3, 0.4) is 0 Å². The van der Waals surface area contributed by atoms with Crippen LogP contribution in [-0.2, 0) is 0 Å². The van der Waals surface area contributed by atoms with E-state index in [9.17, 15) is 0 Å². The molecule has 1 nitrogen and oxygen atoms in total. The van der Waals surface area contributed by atoms with E-state index < -0.39 is 0 Å². The van der Waals surface area contributed by atoms with Gasteiger partial charge in [0.25, 0.3) is 0 Å². The first kappa shape index (κ1) is 14.8. The molecule has 0 saturated heterocycles. The van der Waals surface area contributed by atoms with Crippen molar-refractivity contribution < 1.29 is 4.74 Å². The summed E-state index contributed by atoms with van der Waals surface area (Å²) in [7, 11) is 0. The van der Waals surface area contributed by atoms with Gasteiger partial charge in [0.1, 0.15) is 5.75 Å². The van der Waals surface area contributed by atoms with Crippen molar-refractivity contribution in [2.24, 2.45) is 5.41 Å². The Morgan fingerprint density at radius 1 is 1.17 bits per heavy atom. The van der Waals surface area contributed by atoms with Crippen molar-refractivity contribution in [3.05, 3.63) is 41.5 Å². The minimum absolute atomic E-state index is 0.227. The van der Waals surface area contributed by atoms with Crippen LogP contribution in [0.1, 0.15) is 53.0 Å². The van der Waals surface area contributed by atoms with Gasteiger partial charge in [-0.15, -0.1) is 0 Å². The van der Waals surface area contributed by atoms with Crippen molar-refractivity contribution in [3.8, 4) is 5.75 Å². The molecule has 100 valence electrons. The van der Waals surface area contributed by atoms with E-state index in [0.29, 0.717) is 5.92 Å². The summed E-state index contributed by atoms with van der Waals surface area (Å²) in [5, 5.41) is 0. The Hall–Kier alpha value is -1.24. The molecule has 0 aliphatic heterocycles. The summed E-state index contributed by atoms with van der Waals surface area (Å²) < 4.78 is 5.49. The lowest BCUT2D eigenvalue weighted by Gasteiger charge is -2.29. The molecule has 18 heavy (non-hydrogen) atoms. The average Bonchev–Trinajstić information content (AvgIpc) is 2.26. The van der Waals surface area contributed by atoms with Crippen LogP contribution in [0.4, 0.5) is 0 Å². The first-order chi connectivity index (χ1) is 8.34. The Morgan fingerprint density at radius 3 is 2.11 bits per heavy atom. The molecule has 0 aromatic heterocycles. The van der Waals surface area contributed by atoms with Crippen LogP contribution in [0.25, 0.3) is 0 Å². The predicted octanol–water partition coefficient (Wildman–Crippen LogP) is 5.18. The summed E-state index contributed by atoms with van der Waals surface area (Å²) in [4.78, 5) is 0. The second kappa shape index (κ2) is 6.08. The van der Waals surface area contributed by atoms with Crippen LogP contribution in [0, 0.1) is 5.41 Å². The fourth-order valence-corrected chi connectivity index (χ4v) is 2.12. The van der Waals surface area contributed by atoms with Crippen molar-refractivity contribution in [2.45, 2.75) is 47.5 Å². The highest BCUT2D eigenvalue weighted by atomic mass is 16.5. The molecule has 0 aliphatic rings. The lowest BCUT2D eigenvalue weighted by molar-refractivity contribution is 0.339. The third kappa shape index (κ3) is 4.21. The fourth-order valence-electron chi connectivity index (χ4n) is 2.12. The summed E-state index contributed by atoms with van der Waals surface area (Å²) in [5.41, 5.74) is 2.95. The molecule has 1 aromatic carbocycles. The van der Waals surface area contributed by atoms with E-state index in [2.05, 4.69) is 65.0 Å². The minimum atomic E-state index is 0.227. The van der Waals surface area contributed by atoms with Crippen LogP contribution in [0.15, 0.2) is 35.9 Å². The van der Waals surface area contributed by atoms with Crippen molar-refractivity contribution in [1.82, 2.24) is 0 Å². The highest BCUT2D eigenvalue weighted by molar-refractivity contribution is 5.33. The molecule has 1 aromatic rings. The summed E-state index contributed by atoms with van der Waals surface area (Å²) in [6, 6.07) is 8.49. The minimum Gasteiger partial charge on any atom is -0.494 e. The largest absolute Gasteiger partial charge is 0.494 e. The smallest absolute Gasteiger partial charge is 0.119 e. The van der Waals surface area contributed by atoms with Crippen LogP contribution in [0.2, 0.25) is 0 Å². The second-order valence-electron chi connectivity index (χ2n) is 6.09. The maximum Gasteiger partial charge on any atom is 0.119 e. The fraction of sp³-hybridized carbons (Fsp3) is 0.529. The molecule has 0 amide bonds. The van der Waals surface area contributed by atoms with Gasteiger partial charge < -0.3 is 4.74 Å². The topological polar surface area (TPSA) is 9.23 Å². The Balaban J connectivity index is 3.03. The molecule has 0 fully saturated rings. The van der Waals surface area contributed by atoms with Crippen molar-refractivity contribution >= 4 is 0 Å². The molecule has 0 N–H and O–H groups in total. The van der Waals surface area contributed by atoms with Crippen LogP contribution < -0.4 is 4.74 Å². The van der Waals surface area contributed by atoms with Gasteiger partial charge in [0.05, 0.1) is 6.61 Å². The van der Waals surface area contributed by atoms with E-state index in [4.69, 9.17) is 4.74 Å². The number of allylic oxidation sites excluding steroid dienone is 2. The Labute approximate surface area is 112 Å². The maximum absolute atomic E-state index is 5.49. The van der Waals surface area contributed by atoms with Gasteiger partial charge in [0, 0.05) is 5.92 Å². The molecular weight excluding hydrogens is 220 g/mol. The number of benzene rings is 1. The number of hydrogen-bond acceptors (Lipinski definition) is 1. The molecule has 1 unspecified atom stereocenters. The average molecular weight is 246 g/mol. The zero-order valence-electron chi connectivity index (χ0n) is 12.6. The van der Waals surface area contributed by atoms with E-state index in [1.807, 2.05) is 6.92 Å². The van der Waals surface area contributed by atoms with Gasteiger partial charge in [-0.25, -0.2) is 0 Å². The third-order valence-corrected chi connectivity index (χ3v) is 2.98. The van der Waals surface area contributed by atoms with Gasteiger partial charge >= 0.3 is 0 Å². The van der Waals surface area contributed by atoms with E-state index in [-0.39, 0.29) is 5.41 Å². The molecule has 0 aliphatic carbocycles. The monoisotopic (exact) mass is 246 g/mol. The van der Waals surface area contributed by atoms with Crippen molar-refractivity contribution in [1.29, 1.82) is 0 Å². The Morgan fingerprint density at radius 2 is 1.72 bits per heavy atom. The summed E-state index contributed by atoms with van der Waals surface area (Å²) in [6.07, 6.45) is 2.36. The maximum atomic E-state index is 5.49. The molecule has 0 spiro atoms. The van der Waals surface area contributed by atoms with Crippen LogP contribution in [-0.4, -0.2) is 6.61 Å². The first-order valence-electron chi connectivity index (χ1n) is 6.72. The Bertz CT molecular complexity index is 389. The van der Waals surface area contributed by atoms with Crippen LogP contribution in [0.5, 0.6) is 5.75 Å². The van der Waals surface area contributed by atoms with Crippen LogP contribution >= 0.6 is 0 Å².